The molecule has 2 aromatic heterocycles. The molecular weight excluding hydrogens is 260 g/mol. The Bertz CT molecular complexity index is 521. The number of amides is 1. The van der Waals surface area contributed by atoms with Crippen molar-refractivity contribution in [1.29, 1.82) is 0 Å². The number of hydrogen-bond donors (Lipinski definition) is 1. The molecule has 0 saturated carbocycles. The van der Waals surface area contributed by atoms with Crippen LogP contribution in [0.2, 0.25) is 5.22 Å². The Labute approximate surface area is 108 Å². The number of hydrogen-bond acceptors (Lipinski definition) is 4. The number of furan rings is 1. The summed E-state index contributed by atoms with van der Waals surface area (Å²) in [5.74, 6) is -0.0340. The van der Waals surface area contributed by atoms with Crippen LogP contribution in [-0.4, -0.2) is 17.4 Å². The van der Waals surface area contributed by atoms with Gasteiger partial charge in [0.05, 0.1) is 10.7 Å². The summed E-state index contributed by atoms with van der Waals surface area (Å²) in [5, 5.41) is 5.98. The van der Waals surface area contributed by atoms with Gasteiger partial charge in [0, 0.05) is 18.3 Å². The van der Waals surface area contributed by atoms with Crippen molar-refractivity contribution in [3.05, 3.63) is 39.2 Å². The molecule has 0 spiro atoms. The highest BCUT2D eigenvalue weighted by Gasteiger charge is 2.09. The fourth-order valence-electron chi connectivity index (χ4n) is 1.35. The van der Waals surface area contributed by atoms with Crippen molar-refractivity contribution in [2.24, 2.45) is 0 Å². The van der Waals surface area contributed by atoms with Gasteiger partial charge in [0.1, 0.15) is 0 Å². The summed E-state index contributed by atoms with van der Waals surface area (Å²) in [7, 11) is 0. The standard InChI is InChI=1S/C11H11ClN2O2S/c1-7-14-8(6-17-7)4-5-13-11(15)9-2-3-10(12)16-9/h2-3,6H,4-5H2,1H3,(H,13,15). The van der Waals surface area contributed by atoms with Crippen LogP contribution >= 0.6 is 22.9 Å². The maximum Gasteiger partial charge on any atom is 0.287 e. The van der Waals surface area contributed by atoms with Crippen molar-refractivity contribution in [2.45, 2.75) is 13.3 Å². The first-order valence-corrected chi connectivity index (χ1v) is 6.35. The number of halogens is 1. The second-order valence-electron chi connectivity index (χ2n) is 3.47. The molecule has 6 heteroatoms. The molecule has 2 rings (SSSR count). The topological polar surface area (TPSA) is 55.1 Å². The summed E-state index contributed by atoms with van der Waals surface area (Å²) in [5.41, 5.74) is 0.991. The third kappa shape index (κ3) is 3.31. The van der Waals surface area contributed by atoms with Crippen molar-refractivity contribution in [3.8, 4) is 0 Å². The molecule has 1 amide bonds. The highest BCUT2D eigenvalue weighted by Crippen LogP contribution is 2.13. The van der Waals surface area contributed by atoms with E-state index >= 15 is 0 Å². The van der Waals surface area contributed by atoms with Gasteiger partial charge in [-0.1, -0.05) is 0 Å². The molecule has 0 unspecified atom stereocenters. The lowest BCUT2D eigenvalue weighted by atomic mass is 10.3. The van der Waals surface area contributed by atoms with E-state index in [0.29, 0.717) is 13.0 Å². The molecule has 0 aromatic carbocycles. The van der Waals surface area contributed by atoms with E-state index in [2.05, 4.69) is 10.3 Å². The predicted octanol–water partition coefficient (Wildman–Crippen LogP) is 2.67. The first-order chi connectivity index (χ1) is 8.15. The second kappa shape index (κ2) is 5.33. The van der Waals surface area contributed by atoms with Gasteiger partial charge in [0.2, 0.25) is 0 Å². The van der Waals surface area contributed by atoms with Crippen molar-refractivity contribution in [2.75, 3.05) is 6.54 Å². The minimum absolute atomic E-state index is 0.213. The van der Waals surface area contributed by atoms with Crippen LogP contribution in [0.1, 0.15) is 21.3 Å². The van der Waals surface area contributed by atoms with Gasteiger partial charge < -0.3 is 9.73 Å². The van der Waals surface area contributed by atoms with Crippen LogP contribution in [-0.2, 0) is 6.42 Å². The number of nitrogens with zero attached hydrogens (tertiary/aromatic N) is 1. The number of aromatic nitrogens is 1. The Morgan fingerprint density at radius 3 is 3.00 bits per heavy atom. The Morgan fingerprint density at radius 1 is 1.59 bits per heavy atom. The smallest absolute Gasteiger partial charge is 0.287 e. The Balaban J connectivity index is 1.81. The first kappa shape index (κ1) is 12.1. The van der Waals surface area contributed by atoms with Crippen molar-refractivity contribution >= 4 is 28.8 Å². The fourth-order valence-corrected chi connectivity index (χ4v) is 2.14. The molecule has 0 saturated heterocycles. The number of thiazole rings is 1. The molecule has 0 bridgehead atoms. The average Bonchev–Trinajstić information content (AvgIpc) is 2.88. The Kier molecular flexibility index (Phi) is 3.81. The Morgan fingerprint density at radius 2 is 2.41 bits per heavy atom. The van der Waals surface area contributed by atoms with Crippen LogP contribution in [0.5, 0.6) is 0 Å². The van der Waals surface area contributed by atoms with Gasteiger partial charge >= 0.3 is 0 Å². The van der Waals surface area contributed by atoms with E-state index in [0.717, 1.165) is 10.7 Å². The summed E-state index contributed by atoms with van der Waals surface area (Å²) < 4.78 is 4.99. The van der Waals surface area contributed by atoms with Gasteiger partial charge in [-0.15, -0.1) is 11.3 Å². The zero-order valence-corrected chi connectivity index (χ0v) is 10.8. The molecule has 0 aliphatic heterocycles. The SMILES string of the molecule is Cc1nc(CCNC(=O)c2ccc(Cl)o2)cs1. The van der Waals surface area contributed by atoms with E-state index in [-0.39, 0.29) is 16.9 Å². The molecule has 2 heterocycles. The van der Waals surface area contributed by atoms with Gasteiger partial charge in [-0.2, -0.15) is 0 Å². The van der Waals surface area contributed by atoms with Gasteiger partial charge in [0.15, 0.2) is 11.0 Å². The average molecular weight is 271 g/mol. The van der Waals surface area contributed by atoms with E-state index in [4.69, 9.17) is 16.0 Å². The zero-order valence-electron chi connectivity index (χ0n) is 9.20. The summed E-state index contributed by atoms with van der Waals surface area (Å²) in [6.45, 7) is 2.48. The van der Waals surface area contributed by atoms with Crippen molar-refractivity contribution in [3.63, 3.8) is 0 Å². The predicted molar refractivity (Wildman–Crippen MR) is 66.6 cm³/mol. The summed E-state index contributed by atoms with van der Waals surface area (Å²) in [6, 6.07) is 3.09. The van der Waals surface area contributed by atoms with Gasteiger partial charge in [0.25, 0.3) is 5.91 Å². The van der Waals surface area contributed by atoms with E-state index in [1.54, 1.807) is 23.5 Å². The van der Waals surface area contributed by atoms with Gasteiger partial charge in [-0.05, 0) is 30.7 Å². The van der Waals surface area contributed by atoms with Crippen LogP contribution in [0, 0.1) is 6.92 Å². The lowest BCUT2D eigenvalue weighted by molar-refractivity contribution is 0.0926. The fraction of sp³-hybridized carbons (Fsp3) is 0.273. The highest BCUT2D eigenvalue weighted by molar-refractivity contribution is 7.09. The number of carbonyl (C=O) groups excluding carboxylic acids is 1. The maximum atomic E-state index is 11.6. The van der Waals surface area contributed by atoms with E-state index in [9.17, 15) is 4.79 Å². The van der Waals surface area contributed by atoms with Crippen molar-refractivity contribution < 1.29 is 9.21 Å². The monoisotopic (exact) mass is 270 g/mol. The molecule has 90 valence electrons. The second-order valence-corrected chi connectivity index (χ2v) is 4.90. The number of rotatable bonds is 4. The molecular formula is C11H11ClN2O2S. The van der Waals surface area contributed by atoms with E-state index < -0.39 is 0 Å². The number of nitrogens with one attached hydrogen (secondary N) is 1. The molecule has 2 aromatic rings. The lowest BCUT2D eigenvalue weighted by Gasteiger charge is -2.00. The number of aryl methyl sites for hydroxylation is 1. The van der Waals surface area contributed by atoms with Crippen LogP contribution < -0.4 is 5.32 Å². The van der Waals surface area contributed by atoms with Gasteiger partial charge in [-0.25, -0.2) is 4.98 Å². The quantitative estimate of drug-likeness (QED) is 0.929. The third-order valence-corrected chi connectivity index (χ3v) is 3.16. The van der Waals surface area contributed by atoms with E-state index in [1.165, 1.54) is 0 Å². The molecule has 0 radical (unpaired) electrons. The van der Waals surface area contributed by atoms with E-state index in [1.807, 2.05) is 12.3 Å². The largest absolute Gasteiger partial charge is 0.440 e. The molecule has 1 N–H and O–H groups in total. The summed E-state index contributed by atoms with van der Waals surface area (Å²) >= 11 is 7.19. The minimum atomic E-state index is -0.260. The molecule has 0 aliphatic carbocycles. The van der Waals surface area contributed by atoms with Crippen LogP contribution in [0.3, 0.4) is 0 Å². The minimum Gasteiger partial charge on any atom is -0.440 e. The molecule has 17 heavy (non-hydrogen) atoms. The zero-order chi connectivity index (χ0) is 12.3. The molecule has 0 aliphatic rings. The van der Waals surface area contributed by atoms with Crippen molar-refractivity contribution in [1.82, 2.24) is 10.3 Å². The molecule has 0 atom stereocenters. The van der Waals surface area contributed by atoms with Crippen LogP contribution in [0.25, 0.3) is 0 Å². The number of carbonyl (C=O) groups is 1. The molecule has 0 fully saturated rings. The summed E-state index contributed by atoms with van der Waals surface area (Å²) in [6.07, 6.45) is 0.713. The summed E-state index contributed by atoms with van der Waals surface area (Å²) in [4.78, 5) is 15.9. The van der Waals surface area contributed by atoms with Crippen LogP contribution in [0.4, 0.5) is 0 Å². The maximum absolute atomic E-state index is 11.6. The lowest BCUT2D eigenvalue weighted by Crippen LogP contribution is -2.25. The van der Waals surface area contributed by atoms with Crippen LogP contribution in [0.15, 0.2) is 21.9 Å². The third-order valence-electron chi connectivity index (χ3n) is 2.13. The normalized spacial score (nSPS) is 10.5. The first-order valence-electron chi connectivity index (χ1n) is 5.09. The highest BCUT2D eigenvalue weighted by atomic mass is 35.5. The van der Waals surface area contributed by atoms with Gasteiger partial charge in [-0.3, -0.25) is 4.79 Å². The molecule has 4 nitrogen and oxygen atoms in total. The Hall–Kier alpha value is -1.33.